The molecule has 0 spiro atoms. The van der Waals surface area contributed by atoms with Crippen molar-refractivity contribution < 1.29 is 5.21 Å². The smallest absolute Gasteiger partial charge is 0.160 e. The van der Waals surface area contributed by atoms with Crippen molar-refractivity contribution in [3.05, 3.63) is 66.7 Å². The van der Waals surface area contributed by atoms with Crippen LogP contribution in [-0.4, -0.2) is 24.9 Å². The van der Waals surface area contributed by atoms with Crippen molar-refractivity contribution >= 4 is 33.1 Å². The lowest BCUT2D eigenvalue weighted by Gasteiger charge is -2.07. The number of hydrogen-bond acceptors (Lipinski definition) is 4. The Balaban J connectivity index is 1.83. The Labute approximate surface area is 136 Å². The first-order valence-electron chi connectivity index (χ1n) is 7.63. The quantitative estimate of drug-likeness (QED) is 0.375. The molecule has 5 nitrogen and oxygen atoms in total. The summed E-state index contributed by atoms with van der Waals surface area (Å²) in [5.41, 5.74) is 5.16. The predicted octanol–water partition coefficient (Wildman–Crippen LogP) is 4.04. The Morgan fingerprint density at radius 1 is 0.625 bits per heavy atom. The molecule has 0 amide bonds. The molecule has 0 aliphatic carbocycles. The van der Waals surface area contributed by atoms with Crippen molar-refractivity contribution in [1.82, 2.24) is 19.7 Å². The summed E-state index contributed by atoms with van der Waals surface area (Å²) >= 11 is 0. The fourth-order valence-corrected chi connectivity index (χ4v) is 2.96. The lowest BCUT2D eigenvalue weighted by atomic mass is 10.2. The molecule has 0 radical (unpaired) electrons. The van der Waals surface area contributed by atoms with Crippen LogP contribution in [0.2, 0.25) is 0 Å². The highest BCUT2D eigenvalue weighted by atomic mass is 16.5. The van der Waals surface area contributed by atoms with E-state index >= 15 is 0 Å². The molecule has 0 aliphatic rings. The number of nitrogens with zero attached hydrogens (tertiary/aromatic N) is 4. The number of benzene rings is 3. The Hall–Kier alpha value is -3.47. The van der Waals surface area contributed by atoms with Crippen molar-refractivity contribution in [2.75, 3.05) is 0 Å². The molecule has 0 atom stereocenters. The van der Waals surface area contributed by atoms with Crippen molar-refractivity contribution in [3.8, 4) is 11.4 Å². The van der Waals surface area contributed by atoms with Crippen molar-refractivity contribution in [2.24, 2.45) is 0 Å². The van der Waals surface area contributed by atoms with Gasteiger partial charge in [-0.2, -0.15) is 4.73 Å². The van der Waals surface area contributed by atoms with Gasteiger partial charge in [0.1, 0.15) is 11.0 Å². The summed E-state index contributed by atoms with van der Waals surface area (Å²) in [6, 6.07) is 21.0. The number of hydrogen-bond donors (Lipinski definition) is 1. The first-order valence-corrected chi connectivity index (χ1v) is 7.63. The fourth-order valence-electron chi connectivity index (χ4n) is 2.96. The second-order valence-electron chi connectivity index (χ2n) is 5.66. The normalized spacial score (nSPS) is 11.5. The van der Waals surface area contributed by atoms with Crippen LogP contribution >= 0.6 is 0 Å². The molecule has 1 N–H and O–H groups in total. The van der Waals surface area contributed by atoms with E-state index in [-0.39, 0.29) is 0 Å². The SMILES string of the molecule is On1c2ccccc2nc2cc3nc(-c4ccccc4)nc3cc21. The maximum atomic E-state index is 10.5. The number of aromatic nitrogens is 4. The lowest BCUT2D eigenvalue weighted by Crippen LogP contribution is -1.99. The van der Waals surface area contributed by atoms with Crippen LogP contribution in [0.25, 0.3) is 44.5 Å². The first-order chi connectivity index (χ1) is 11.8. The van der Waals surface area contributed by atoms with Crippen LogP contribution in [0.1, 0.15) is 0 Å². The largest absolute Gasteiger partial charge is 0.428 e. The summed E-state index contributed by atoms with van der Waals surface area (Å²) in [6.07, 6.45) is 0. The van der Waals surface area contributed by atoms with Crippen LogP contribution in [0.15, 0.2) is 66.7 Å². The van der Waals surface area contributed by atoms with Crippen LogP contribution in [0.5, 0.6) is 0 Å². The van der Waals surface area contributed by atoms with Gasteiger partial charge in [-0.05, 0) is 24.3 Å². The Morgan fingerprint density at radius 2 is 1.33 bits per heavy atom. The third-order valence-corrected chi connectivity index (χ3v) is 4.14. The standard InChI is InChI=1S/C19H12N4O/c24-23-17-9-5-4-8-13(17)20-16-10-14-15(11-18(16)23)22-19(21-14)12-6-2-1-3-7-12/h1-11,24H. The molecule has 5 aromatic rings. The van der Waals surface area contributed by atoms with Gasteiger partial charge in [-0.15, -0.1) is 0 Å². The number of rotatable bonds is 1. The van der Waals surface area contributed by atoms with E-state index in [1.807, 2.05) is 66.7 Å². The maximum absolute atomic E-state index is 10.5. The van der Waals surface area contributed by atoms with Crippen LogP contribution in [0, 0.1) is 0 Å². The molecule has 0 aliphatic heterocycles. The number of imidazole rings is 1. The Bertz CT molecular complexity index is 1210. The van der Waals surface area contributed by atoms with Crippen molar-refractivity contribution in [3.63, 3.8) is 0 Å². The average molecular weight is 312 g/mol. The summed E-state index contributed by atoms with van der Waals surface area (Å²) in [4.78, 5) is 13.8. The van der Waals surface area contributed by atoms with Gasteiger partial charge in [0.05, 0.1) is 22.1 Å². The summed E-state index contributed by atoms with van der Waals surface area (Å²) in [7, 11) is 0. The van der Waals surface area contributed by atoms with Gasteiger partial charge in [-0.1, -0.05) is 42.5 Å². The van der Waals surface area contributed by atoms with Crippen molar-refractivity contribution in [1.29, 1.82) is 0 Å². The lowest BCUT2D eigenvalue weighted by molar-refractivity contribution is 0.211. The summed E-state index contributed by atoms with van der Waals surface area (Å²) in [6.45, 7) is 0. The highest BCUT2D eigenvalue weighted by molar-refractivity contribution is 5.96. The van der Waals surface area contributed by atoms with Crippen molar-refractivity contribution in [2.45, 2.75) is 0 Å². The molecule has 5 heteroatoms. The van der Waals surface area contributed by atoms with E-state index in [9.17, 15) is 5.21 Å². The van der Waals surface area contributed by atoms with Crippen LogP contribution in [-0.2, 0) is 0 Å². The van der Waals surface area contributed by atoms with Gasteiger partial charge in [-0.25, -0.2) is 15.0 Å². The molecular formula is C19H12N4O. The summed E-state index contributed by atoms with van der Waals surface area (Å²) in [5.74, 6) is 0.676. The predicted molar refractivity (Wildman–Crippen MR) is 93.0 cm³/mol. The van der Waals surface area contributed by atoms with E-state index in [0.29, 0.717) is 22.4 Å². The van der Waals surface area contributed by atoms with Crippen LogP contribution in [0.4, 0.5) is 0 Å². The van der Waals surface area contributed by atoms with Crippen LogP contribution in [0.3, 0.4) is 0 Å². The minimum absolute atomic E-state index is 0.612. The van der Waals surface area contributed by atoms with E-state index < -0.39 is 0 Å². The molecule has 5 rings (SSSR count). The first kappa shape index (κ1) is 13.0. The zero-order valence-corrected chi connectivity index (χ0v) is 12.6. The minimum atomic E-state index is 0.612. The summed E-state index contributed by atoms with van der Waals surface area (Å²) in [5, 5.41) is 10.5. The number of para-hydroxylation sites is 2. The van der Waals surface area contributed by atoms with E-state index in [1.54, 1.807) is 0 Å². The molecule has 24 heavy (non-hydrogen) atoms. The minimum Gasteiger partial charge on any atom is -0.428 e. The molecule has 2 heterocycles. The van der Waals surface area contributed by atoms with E-state index in [1.165, 1.54) is 0 Å². The van der Waals surface area contributed by atoms with E-state index in [4.69, 9.17) is 0 Å². The molecular weight excluding hydrogens is 300 g/mol. The molecule has 0 bridgehead atoms. The van der Waals surface area contributed by atoms with Gasteiger partial charge >= 0.3 is 0 Å². The molecule has 0 saturated carbocycles. The zero-order valence-electron chi connectivity index (χ0n) is 12.6. The highest BCUT2D eigenvalue weighted by Crippen LogP contribution is 2.26. The molecule has 0 saturated heterocycles. The fraction of sp³-hybridized carbons (Fsp3) is 0. The van der Waals surface area contributed by atoms with Gasteiger partial charge in [0.2, 0.25) is 0 Å². The molecule has 114 valence electrons. The zero-order chi connectivity index (χ0) is 16.1. The highest BCUT2D eigenvalue weighted by Gasteiger charge is 2.12. The molecule has 0 unspecified atom stereocenters. The monoisotopic (exact) mass is 312 g/mol. The second kappa shape index (κ2) is 4.76. The topological polar surface area (TPSA) is 63.8 Å². The molecule has 2 aromatic heterocycles. The van der Waals surface area contributed by atoms with Gasteiger partial charge < -0.3 is 5.21 Å². The van der Waals surface area contributed by atoms with E-state index in [0.717, 1.165) is 26.8 Å². The Morgan fingerprint density at radius 3 is 2.17 bits per heavy atom. The van der Waals surface area contributed by atoms with Gasteiger partial charge in [0.25, 0.3) is 0 Å². The van der Waals surface area contributed by atoms with Gasteiger partial charge in [0, 0.05) is 5.56 Å². The van der Waals surface area contributed by atoms with Gasteiger partial charge in [0.15, 0.2) is 5.82 Å². The maximum Gasteiger partial charge on any atom is 0.160 e. The molecule has 3 aromatic carbocycles. The average Bonchev–Trinajstić information content (AvgIpc) is 3.04. The molecule has 0 fully saturated rings. The summed E-state index contributed by atoms with van der Waals surface area (Å²) < 4.78 is 1.16. The second-order valence-corrected chi connectivity index (χ2v) is 5.66. The van der Waals surface area contributed by atoms with E-state index in [2.05, 4.69) is 15.0 Å². The number of fused-ring (bicyclic) bond motifs is 3. The Kier molecular flexibility index (Phi) is 2.58. The van der Waals surface area contributed by atoms with Crippen LogP contribution < -0.4 is 0 Å². The van der Waals surface area contributed by atoms with Gasteiger partial charge in [-0.3, -0.25) is 0 Å². The third kappa shape index (κ3) is 1.85. The third-order valence-electron chi connectivity index (χ3n) is 4.14.